The third-order valence-electron chi connectivity index (χ3n) is 3.30. The molecule has 1 aromatic rings. The molecule has 0 heterocycles. The number of ether oxygens (including phenoxy) is 1. The van der Waals surface area contributed by atoms with Gasteiger partial charge in [0.1, 0.15) is 0 Å². The molecule has 0 radical (unpaired) electrons. The van der Waals surface area contributed by atoms with E-state index in [0.29, 0.717) is 12.5 Å². The summed E-state index contributed by atoms with van der Waals surface area (Å²) in [6.07, 6.45) is 1.01. The van der Waals surface area contributed by atoms with Gasteiger partial charge in [-0.3, -0.25) is 4.79 Å². The fraction of sp³-hybridized carbons (Fsp3) is 0.500. The van der Waals surface area contributed by atoms with Crippen LogP contribution in [-0.4, -0.2) is 19.6 Å². The molecule has 1 amide bonds. The zero-order valence-corrected chi connectivity index (χ0v) is 10.3. The Balaban J connectivity index is 2.00. The standard InChI is InChI=1S/C14H19NO2/c1-10-8-12(10)14(16)15-13(9-17-2)11-6-4-3-5-7-11/h3-7,10,12-13H,8-9H2,1-2H3,(H,15,16)/t10-,12-,13+/m1/s1. The summed E-state index contributed by atoms with van der Waals surface area (Å²) in [6.45, 7) is 2.62. The first-order chi connectivity index (χ1) is 8.22. The summed E-state index contributed by atoms with van der Waals surface area (Å²) in [4.78, 5) is 11.9. The Labute approximate surface area is 102 Å². The summed E-state index contributed by atoms with van der Waals surface area (Å²) in [6, 6.07) is 9.91. The van der Waals surface area contributed by atoms with Crippen molar-refractivity contribution in [1.29, 1.82) is 0 Å². The molecule has 92 valence electrons. The maximum absolute atomic E-state index is 11.9. The van der Waals surface area contributed by atoms with Gasteiger partial charge in [0.25, 0.3) is 0 Å². The predicted octanol–water partition coefficient (Wildman–Crippen LogP) is 2.15. The lowest BCUT2D eigenvalue weighted by atomic mass is 10.1. The fourth-order valence-electron chi connectivity index (χ4n) is 2.04. The second-order valence-corrected chi connectivity index (χ2v) is 4.75. The van der Waals surface area contributed by atoms with Crippen LogP contribution in [-0.2, 0) is 9.53 Å². The molecule has 1 aromatic carbocycles. The Morgan fingerprint density at radius 2 is 2.12 bits per heavy atom. The first-order valence-corrected chi connectivity index (χ1v) is 6.06. The summed E-state index contributed by atoms with van der Waals surface area (Å²) in [5, 5.41) is 3.06. The van der Waals surface area contributed by atoms with Crippen LogP contribution in [0.4, 0.5) is 0 Å². The Hall–Kier alpha value is -1.35. The van der Waals surface area contributed by atoms with E-state index in [1.807, 2.05) is 30.3 Å². The zero-order valence-electron chi connectivity index (χ0n) is 10.3. The van der Waals surface area contributed by atoms with E-state index in [1.165, 1.54) is 0 Å². The Bertz CT molecular complexity index is 377. The molecule has 17 heavy (non-hydrogen) atoms. The normalized spacial score (nSPS) is 24.1. The van der Waals surface area contributed by atoms with Crippen molar-refractivity contribution in [1.82, 2.24) is 5.32 Å². The van der Waals surface area contributed by atoms with Crippen LogP contribution in [0.15, 0.2) is 30.3 Å². The first kappa shape index (κ1) is 12.1. The van der Waals surface area contributed by atoms with Crippen LogP contribution in [0.2, 0.25) is 0 Å². The number of hydrogen-bond donors (Lipinski definition) is 1. The van der Waals surface area contributed by atoms with Crippen LogP contribution in [0, 0.1) is 11.8 Å². The molecular formula is C14H19NO2. The summed E-state index contributed by atoms with van der Waals surface area (Å²) < 4.78 is 5.17. The van der Waals surface area contributed by atoms with Crippen molar-refractivity contribution in [2.75, 3.05) is 13.7 Å². The van der Waals surface area contributed by atoms with Crippen LogP contribution in [0.3, 0.4) is 0 Å². The van der Waals surface area contributed by atoms with Gasteiger partial charge >= 0.3 is 0 Å². The van der Waals surface area contributed by atoms with E-state index in [4.69, 9.17) is 4.74 Å². The van der Waals surface area contributed by atoms with Gasteiger partial charge in [-0.05, 0) is 17.9 Å². The molecule has 3 nitrogen and oxygen atoms in total. The zero-order chi connectivity index (χ0) is 12.3. The van der Waals surface area contributed by atoms with Gasteiger partial charge in [0.05, 0.1) is 12.6 Å². The third-order valence-corrected chi connectivity index (χ3v) is 3.30. The van der Waals surface area contributed by atoms with Crippen LogP contribution in [0.5, 0.6) is 0 Å². The number of amides is 1. The van der Waals surface area contributed by atoms with Gasteiger partial charge in [0.15, 0.2) is 0 Å². The molecule has 1 aliphatic rings. The van der Waals surface area contributed by atoms with Gasteiger partial charge in [-0.25, -0.2) is 0 Å². The SMILES string of the molecule is COC[C@H](NC(=O)[C@@H]1C[C@H]1C)c1ccccc1. The molecule has 2 rings (SSSR count). The Kier molecular flexibility index (Phi) is 3.79. The molecule has 0 aliphatic heterocycles. The van der Waals surface area contributed by atoms with Crippen molar-refractivity contribution in [3.63, 3.8) is 0 Å². The Morgan fingerprint density at radius 1 is 1.47 bits per heavy atom. The van der Waals surface area contributed by atoms with Crippen LogP contribution < -0.4 is 5.32 Å². The number of carbonyl (C=O) groups excluding carboxylic acids is 1. The average Bonchev–Trinajstić information content (AvgIpc) is 3.07. The van der Waals surface area contributed by atoms with Crippen LogP contribution >= 0.6 is 0 Å². The smallest absolute Gasteiger partial charge is 0.223 e. The lowest BCUT2D eigenvalue weighted by molar-refractivity contribution is -0.123. The van der Waals surface area contributed by atoms with Gasteiger partial charge in [-0.15, -0.1) is 0 Å². The minimum absolute atomic E-state index is 0.0403. The molecule has 1 saturated carbocycles. The highest BCUT2D eigenvalue weighted by atomic mass is 16.5. The molecule has 0 bridgehead atoms. The number of methoxy groups -OCH3 is 1. The quantitative estimate of drug-likeness (QED) is 0.846. The molecule has 1 N–H and O–H groups in total. The van der Waals surface area contributed by atoms with E-state index in [2.05, 4.69) is 12.2 Å². The van der Waals surface area contributed by atoms with Gasteiger partial charge in [0, 0.05) is 13.0 Å². The summed E-state index contributed by atoms with van der Waals surface area (Å²) >= 11 is 0. The van der Waals surface area contributed by atoms with Gasteiger partial charge in [-0.2, -0.15) is 0 Å². The van der Waals surface area contributed by atoms with Gasteiger partial charge in [0.2, 0.25) is 5.91 Å². The monoisotopic (exact) mass is 233 g/mol. The number of nitrogens with one attached hydrogen (secondary N) is 1. The topological polar surface area (TPSA) is 38.3 Å². The predicted molar refractivity (Wildman–Crippen MR) is 66.5 cm³/mol. The maximum atomic E-state index is 11.9. The van der Waals surface area contributed by atoms with Crippen LogP contribution in [0.1, 0.15) is 24.9 Å². The number of carbonyl (C=O) groups is 1. The van der Waals surface area contributed by atoms with Crippen LogP contribution in [0.25, 0.3) is 0 Å². The van der Waals surface area contributed by atoms with Gasteiger partial charge in [-0.1, -0.05) is 37.3 Å². The molecule has 0 unspecified atom stereocenters. The van der Waals surface area contributed by atoms with E-state index in [9.17, 15) is 4.79 Å². The summed E-state index contributed by atoms with van der Waals surface area (Å²) in [5.74, 6) is 0.899. The minimum atomic E-state index is -0.0403. The molecule has 0 saturated heterocycles. The second-order valence-electron chi connectivity index (χ2n) is 4.75. The third kappa shape index (κ3) is 3.07. The van der Waals surface area contributed by atoms with Gasteiger partial charge < -0.3 is 10.1 Å². The van der Waals surface area contributed by atoms with E-state index in [-0.39, 0.29) is 17.9 Å². The second kappa shape index (κ2) is 5.32. The fourth-order valence-corrected chi connectivity index (χ4v) is 2.04. The highest BCUT2D eigenvalue weighted by Gasteiger charge is 2.39. The molecule has 0 aromatic heterocycles. The van der Waals surface area contributed by atoms with E-state index in [1.54, 1.807) is 7.11 Å². The van der Waals surface area contributed by atoms with E-state index >= 15 is 0 Å². The summed E-state index contributed by atoms with van der Waals surface area (Å²) in [5.41, 5.74) is 1.09. The van der Waals surface area contributed by atoms with Crippen molar-refractivity contribution >= 4 is 5.91 Å². The van der Waals surface area contributed by atoms with Crippen molar-refractivity contribution in [3.8, 4) is 0 Å². The maximum Gasteiger partial charge on any atom is 0.223 e. The molecule has 3 heteroatoms. The van der Waals surface area contributed by atoms with E-state index < -0.39 is 0 Å². The van der Waals surface area contributed by atoms with Crippen molar-refractivity contribution < 1.29 is 9.53 Å². The Morgan fingerprint density at radius 3 is 2.65 bits per heavy atom. The number of rotatable bonds is 5. The van der Waals surface area contributed by atoms with Crippen molar-refractivity contribution in [2.45, 2.75) is 19.4 Å². The highest BCUT2D eigenvalue weighted by molar-refractivity contribution is 5.81. The largest absolute Gasteiger partial charge is 0.382 e. The number of hydrogen-bond acceptors (Lipinski definition) is 2. The average molecular weight is 233 g/mol. The first-order valence-electron chi connectivity index (χ1n) is 6.06. The summed E-state index contributed by atoms with van der Waals surface area (Å²) in [7, 11) is 1.65. The number of benzene rings is 1. The molecule has 1 aliphatic carbocycles. The molecule has 0 spiro atoms. The minimum Gasteiger partial charge on any atom is -0.382 e. The molecular weight excluding hydrogens is 214 g/mol. The molecule has 3 atom stereocenters. The lowest BCUT2D eigenvalue weighted by Gasteiger charge is -2.18. The van der Waals surface area contributed by atoms with E-state index in [0.717, 1.165) is 12.0 Å². The lowest BCUT2D eigenvalue weighted by Crippen LogP contribution is -2.32. The van der Waals surface area contributed by atoms with Crippen molar-refractivity contribution in [3.05, 3.63) is 35.9 Å². The van der Waals surface area contributed by atoms with Crippen molar-refractivity contribution in [2.24, 2.45) is 11.8 Å². The molecule has 1 fully saturated rings. The highest BCUT2D eigenvalue weighted by Crippen LogP contribution is 2.38.